The molecule has 0 radical (unpaired) electrons. The maximum Gasteiger partial charge on any atom is 0.171 e. The Labute approximate surface area is 111 Å². The third-order valence-corrected chi connectivity index (χ3v) is 3.09. The molecule has 19 heavy (non-hydrogen) atoms. The molecule has 2 aromatic rings. The van der Waals surface area contributed by atoms with Gasteiger partial charge in [0.15, 0.2) is 17.3 Å². The lowest BCUT2D eigenvalue weighted by molar-refractivity contribution is 0.198. The third-order valence-electron chi connectivity index (χ3n) is 3.09. The molecule has 4 nitrogen and oxygen atoms in total. The summed E-state index contributed by atoms with van der Waals surface area (Å²) in [5.41, 5.74) is 2.06. The molecule has 1 heterocycles. The summed E-state index contributed by atoms with van der Waals surface area (Å²) in [5.74, 6) is 0.191. The van der Waals surface area contributed by atoms with Crippen molar-refractivity contribution in [2.24, 2.45) is 7.05 Å². The van der Waals surface area contributed by atoms with E-state index in [0.29, 0.717) is 17.0 Å². The maximum absolute atomic E-state index is 13.9. The van der Waals surface area contributed by atoms with Gasteiger partial charge in [0.2, 0.25) is 0 Å². The SMILES string of the molecule is Cc1nn(C)c(C)c1Oc1ccc([C@H](C)O)cc1F. The highest BCUT2D eigenvalue weighted by molar-refractivity contribution is 5.39. The van der Waals surface area contributed by atoms with Gasteiger partial charge in [-0.25, -0.2) is 4.39 Å². The monoisotopic (exact) mass is 264 g/mol. The lowest BCUT2D eigenvalue weighted by atomic mass is 10.1. The van der Waals surface area contributed by atoms with E-state index >= 15 is 0 Å². The molecule has 1 N–H and O–H groups in total. The molecule has 0 saturated heterocycles. The molecule has 1 atom stereocenters. The van der Waals surface area contributed by atoms with Gasteiger partial charge < -0.3 is 9.84 Å². The van der Waals surface area contributed by atoms with Crippen molar-refractivity contribution in [3.63, 3.8) is 0 Å². The van der Waals surface area contributed by atoms with Gasteiger partial charge in [-0.3, -0.25) is 4.68 Å². The van der Waals surface area contributed by atoms with Crippen LogP contribution < -0.4 is 4.74 Å². The van der Waals surface area contributed by atoms with E-state index in [-0.39, 0.29) is 5.75 Å². The van der Waals surface area contributed by atoms with E-state index in [2.05, 4.69) is 5.10 Å². The van der Waals surface area contributed by atoms with E-state index in [4.69, 9.17) is 4.74 Å². The van der Waals surface area contributed by atoms with Gasteiger partial charge in [0.1, 0.15) is 5.69 Å². The van der Waals surface area contributed by atoms with Crippen molar-refractivity contribution in [3.05, 3.63) is 41.0 Å². The van der Waals surface area contributed by atoms with Crippen molar-refractivity contribution in [3.8, 4) is 11.5 Å². The fourth-order valence-corrected chi connectivity index (χ4v) is 1.87. The van der Waals surface area contributed by atoms with E-state index in [9.17, 15) is 9.50 Å². The highest BCUT2D eigenvalue weighted by Gasteiger charge is 2.15. The Morgan fingerprint density at radius 3 is 2.53 bits per heavy atom. The number of hydrogen-bond donors (Lipinski definition) is 1. The van der Waals surface area contributed by atoms with Crippen molar-refractivity contribution in [2.75, 3.05) is 0 Å². The van der Waals surface area contributed by atoms with Crippen LogP contribution in [0.25, 0.3) is 0 Å². The van der Waals surface area contributed by atoms with Gasteiger partial charge in [0.05, 0.1) is 11.8 Å². The molecule has 0 amide bonds. The molecule has 0 aliphatic heterocycles. The summed E-state index contributed by atoms with van der Waals surface area (Å²) in [5, 5.41) is 13.6. The van der Waals surface area contributed by atoms with Gasteiger partial charge in [-0.2, -0.15) is 5.10 Å². The molecule has 0 aliphatic rings. The molecule has 0 spiro atoms. The van der Waals surface area contributed by atoms with Crippen LogP contribution in [0.4, 0.5) is 4.39 Å². The lowest BCUT2D eigenvalue weighted by Crippen LogP contribution is -1.96. The Hall–Kier alpha value is -1.88. The lowest BCUT2D eigenvalue weighted by Gasteiger charge is -2.10. The first-order valence-corrected chi connectivity index (χ1v) is 6.05. The Balaban J connectivity index is 2.34. The normalized spacial score (nSPS) is 12.5. The van der Waals surface area contributed by atoms with Crippen LogP contribution in [0.1, 0.15) is 30.0 Å². The molecule has 0 bridgehead atoms. The second-order valence-electron chi connectivity index (χ2n) is 4.59. The number of aliphatic hydroxyl groups is 1. The summed E-state index contributed by atoms with van der Waals surface area (Å²) in [7, 11) is 1.81. The summed E-state index contributed by atoms with van der Waals surface area (Å²) < 4.78 is 21.2. The average Bonchev–Trinajstić information content (AvgIpc) is 2.58. The fraction of sp³-hybridized carbons (Fsp3) is 0.357. The van der Waals surface area contributed by atoms with E-state index < -0.39 is 11.9 Å². The molecule has 1 aromatic heterocycles. The van der Waals surface area contributed by atoms with Crippen LogP contribution in [0.15, 0.2) is 18.2 Å². The molecular formula is C14H17FN2O2. The highest BCUT2D eigenvalue weighted by atomic mass is 19.1. The molecule has 0 fully saturated rings. The van der Waals surface area contributed by atoms with Gasteiger partial charge in [-0.1, -0.05) is 6.07 Å². The van der Waals surface area contributed by atoms with Crippen molar-refractivity contribution in [1.82, 2.24) is 9.78 Å². The highest BCUT2D eigenvalue weighted by Crippen LogP contribution is 2.30. The first-order valence-electron chi connectivity index (χ1n) is 6.05. The molecular weight excluding hydrogens is 247 g/mol. The minimum Gasteiger partial charge on any atom is -0.450 e. The molecule has 0 aliphatic carbocycles. The molecule has 1 aromatic carbocycles. The third kappa shape index (κ3) is 2.61. The zero-order valence-electron chi connectivity index (χ0n) is 11.4. The molecule has 0 unspecified atom stereocenters. The number of aromatic nitrogens is 2. The Kier molecular flexibility index (Phi) is 3.57. The summed E-state index contributed by atoms with van der Waals surface area (Å²) in [6, 6.07) is 4.44. The number of aliphatic hydroxyl groups excluding tert-OH is 1. The second-order valence-corrected chi connectivity index (χ2v) is 4.59. The standard InChI is InChI=1S/C14H17FN2O2/c1-8-14(9(2)17(4)16-8)19-13-6-5-11(10(3)18)7-12(13)15/h5-7,10,18H,1-4H3/t10-/m0/s1. The van der Waals surface area contributed by atoms with Gasteiger partial charge in [0.25, 0.3) is 0 Å². The zero-order chi connectivity index (χ0) is 14.2. The van der Waals surface area contributed by atoms with E-state index in [1.54, 1.807) is 17.7 Å². The molecule has 5 heteroatoms. The van der Waals surface area contributed by atoms with Gasteiger partial charge in [-0.05, 0) is 38.5 Å². The first kappa shape index (κ1) is 13.5. The Bertz CT molecular complexity index is 606. The van der Waals surface area contributed by atoms with Crippen LogP contribution in [0.5, 0.6) is 11.5 Å². The predicted molar refractivity (Wildman–Crippen MR) is 69.8 cm³/mol. The molecule has 2 rings (SSSR count). The Morgan fingerprint density at radius 2 is 2.05 bits per heavy atom. The van der Waals surface area contributed by atoms with Gasteiger partial charge >= 0.3 is 0 Å². The summed E-state index contributed by atoms with van der Waals surface area (Å²) in [4.78, 5) is 0. The Morgan fingerprint density at radius 1 is 1.37 bits per heavy atom. The fourth-order valence-electron chi connectivity index (χ4n) is 1.87. The minimum absolute atomic E-state index is 0.128. The number of nitrogens with zero attached hydrogens (tertiary/aromatic N) is 2. The zero-order valence-corrected chi connectivity index (χ0v) is 11.4. The number of rotatable bonds is 3. The van der Waals surface area contributed by atoms with Crippen LogP contribution in [-0.4, -0.2) is 14.9 Å². The van der Waals surface area contributed by atoms with Crippen molar-refractivity contribution in [2.45, 2.75) is 26.9 Å². The van der Waals surface area contributed by atoms with Crippen molar-refractivity contribution in [1.29, 1.82) is 0 Å². The average molecular weight is 264 g/mol. The van der Waals surface area contributed by atoms with Gasteiger partial charge in [-0.15, -0.1) is 0 Å². The van der Waals surface area contributed by atoms with Crippen LogP contribution in [0.2, 0.25) is 0 Å². The predicted octanol–water partition coefficient (Wildman–Crippen LogP) is 3.02. The van der Waals surface area contributed by atoms with Crippen LogP contribution in [-0.2, 0) is 7.05 Å². The van der Waals surface area contributed by atoms with E-state index in [0.717, 1.165) is 5.69 Å². The van der Waals surface area contributed by atoms with Crippen molar-refractivity contribution < 1.29 is 14.2 Å². The second kappa shape index (κ2) is 5.01. The van der Waals surface area contributed by atoms with Crippen LogP contribution in [0.3, 0.4) is 0 Å². The summed E-state index contributed by atoms with van der Waals surface area (Å²) in [6.45, 7) is 5.26. The topological polar surface area (TPSA) is 47.3 Å². The molecule has 0 saturated carbocycles. The van der Waals surface area contributed by atoms with Crippen LogP contribution >= 0.6 is 0 Å². The smallest absolute Gasteiger partial charge is 0.171 e. The van der Waals surface area contributed by atoms with E-state index in [1.165, 1.54) is 12.1 Å². The summed E-state index contributed by atoms with van der Waals surface area (Å²) >= 11 is 0. The van der Waals surface area contributed by atoms with Crippen molar-refractivity contribution >= 4 is 0 Å². The quantitative estimate of drug-likeness (QED) is 0.927. The number of benzene rings is 1. The van der Waals surface area contributed by atoms with E-state index in [1.807, 2.05) is 20.9 Å². The summed E-state index contributed by atoms with van der Waals surface area (Å²) in [6.07, 6.45) is -0.703. The number of ether oxygens (including phenoxy) is 1. The molecule has 102 valence electrons. The number of halogens is 1. The largest absolute Gasteiger partial charge is 0.450 e. The minimum atomic E-state index is -0.703. The van der Waals surface area contributed by atoms with Gasteiger partial charge in [0, 0.05) is 7.05 Å². The maximum atomic E-state index is 13.9. The first-order chi connectivity index (χ1) is 8.90. The number of hydrogen-bond acceptors (Lipinski definition) is 3. The number of aryl methyl sites for hydroxylation is 2. The van der Waals surface area contributed by atoms with Crippen LogP contribution in [0, 0.1) is 19.7 Å².